The van der Waals surface area contributed by atoms with Gasteiger partial charge in [0.15, 0.2) is 0 Å². The maximum absolute atomic E-state index is 12.2. The molecular weight excluding hydrogens is 352 g/mol. The molecule has 11 heterocycles. The summed E-state index contributed by atoms with van der Waals surface area (Å²) >= 11 is 0. The van der Waals surface area contributed by atoms with E-state index in [1.165, 1.54) is 0 Å². The molecule has 11 aliphatic heterocycles. The van der Waals surface area contributed by atoms with E-state index in [2.05, 4.69) is 0 Å². The van der Waals surface area contributed by atoms with E-state index >= 15 is 0 Å². The first-order valence-corrected chi connectivity index (χ1v) is 15.8. The number of hydrogen-bond acceptors (Lipinski definition) is 5. The Morgan fingerprint density at radius 2 is 1.88 bits per heavy atom. The molecule has 6 heteroatoms. The zero-order valence-corrected chi connectivity index (χ0v) is 14.9. The van der Waals surface area contributed by atoms with E-state index in [4.69, 9.17) is 18.9 Å². The monoisotopic (exact) mass is 374 g/mol. The zero-order chi connectivity index (χ0) is 15.6. The summed E-state index contributed by atoms with van der Waals surface area (Å²) in [7, 11) is 1.75. The predicted octanol–water partition coefficient (Wildman–Crippen LogP) is 2.99. The summed E-state index contributed by atoms with van der Waals surface area (Å²) < 4.78 is 25.0. The average Bonchev–Trinajstić information content (AvgIpc) is 3.49. The minimum absolute atomic E-state index is 0.0114. The van der Waals surface area contributed by atoms with Crippen LogP contribution in [-0.2, 0) is 30.3 Å². The van der Waals surface area contributed by atoms with Crippen LogP contribution in [-0.4, -0.2) is 43.2 Å². The van der Waals surface area contributed by atoms with Crippen LogP contribution in [0.3, 0.4) is 0 Å². The number of methoxy groups -OCH3 is 1. The van der Waals surface area contributed by atoms with E-state index in [0.717, 1.165) is 51.6 Å². The van der Waals surface area contributed by atoms with Crippen molar-refractivity contribution in [3.8, 4) is 0 Å². The summed E-state index contributed by atoms with van der Waals surface area (Å²) in [6, 6.07) is 0. The topological polar surface area (TPSA) is 54.0 Å². The molecule has 132 valence electrons. The van der Waals surface area contributed by atoms with Gasteiger partial charge in [-0.1, -0.05) is 0 Å². The molecule has 0 saturated carbocycles. The molecular formula is C18H22FeO5. The third-order valence-electron chi connectivity index (χ3n) is 16.9. The van der Waals surface area contributed by atoms with Gasteiger partial charge in [-0.25, -0.2) is 0 Å². The Kier molecular flexibility index (Phi) is 0.529. The molecule has 24 heavy (non-hydrogen) atoms. The fourth-order valence-electron chi connectivity index (χ4n) is 18.8. The van der Waals surface area contributed by atoms with Gasteiger partial charge in [-0.05, 0) is 0 Å². The Morgan fingerprint density at radius 3 is 2.42 bits per heavy atom. The molecule has 7 unspecified atom stereocenters. The standard InChI is InChI=1S/C13H17O5.C5H5.Fe/c1-9(14)17-12-5-3-4-11(12)13-16-7-6-10(18-13)8-15-2;1-2-4-5-3-1;/h3-5,10,13H,6-8H2,1-2H3;1-5H;. The normalized spacial score (nSPS) is 101. The fraction of sp³-hybridized carbons (Fsp3) is 0.944. The van der Waals surface area contributed by atoms with E-state index in [-0.39, 0.29) is 27.2 Å². The van der Waals surface area contributed by atoms with Gasteiger partial charge in [0, 0.05) is 0 Å². The summed E-state index contributed by atoms with van der Waals surface area (Å²) in [5.74, 6) is -0.0355. The van der Waals surface area contributed by atoms with Gasteiger partial charge in [0.25, 0.3) is 0 Å². The van der Waals surface area contributed by atoms with Crippen molar-refractivity contribution in [3.05, 3.63) is 0 Å². The molecule has 0 N–H and O–H groups in total. The third-order valence-corrected chi connectivity index (χ3v) is 59.4. The molecule has 5 nitrogen and oxygen atoms in total. The maximum atomic E-state index is 12.2. The molecule has 11 aliphatic rings. The van der Waals surface area contributed by atoms with Gasteiger partial charge < -0.3 is 0 Å². The molecule has 7 atom stereocenters. The van der Waals surface area contributed by atoms with E-state index in [1.807, 2.05) is 0 Å². The molecule has 0 bridgehead atoms. The summed E-state index contributed by atoms with van der Waals surface area (Å²) in [6.45, 7) is -0.713. The number of carbonyl (C=O) groups is 1. The second kappa shape index (κ2) is 1.17. The summed E-state index contributed by atoms with van der Waals surface area (Å²) in [5.41, 5.74) is 0. The zero-order valence-electron chi connectivity index (χ0n) is 13.8. The number of rotatable bonds is 4. The first-order valence-electron chi connectivity index (χ1n) is 9.56. The molecule has 0 amide bonds. The van der Waals surface area contributed by atoms with Gasteiger partial charge in [-0.2, -0.15) is 0 Å². The van der Waals surface area contributed by atoms with Crippen LogP contribution in [0.25, 0.3) is 0 Å². The number of fused-ring (bicyclic) bond motifs is 10. The van der Waals surface area contributed by atoms with Gasteiger partial charge in [0.1, 0.15) is 0 Å². The Labute approximate surface area is 130 Å². The Morgan fingerprint density at radius 1 is 1.17 bits per heavy atom. The van der Waals surface area contributed by atoms with Crippen molar-refractivity contribution >= 4 is 5.97 Å². The van der Waals surface area contributed by atoms with Crippen LogP contribution in [0, 0.1) is 0 Å². The van der Waals surface area contributed by atoms with Gasteiger partial charge in [-0.15, -0.1) is 0 Å². The van der Waals surface area contributed by atoms with Gasteiger partial charge in [-0.3, -0.25) is 0 Å². The molecule has 1 spiro atoms. The van der Waals surface area contributed by atoms with E-state index in [0.29, 0.717) is 6.61 Å². The molecule has 0 aromatic carbocycles. The van der Waals surface area contributed by atoms with Gasteiger partial charge >= 0.3 is 130 Å². The van der Waals surface area contributed by atoms with E-state index in [9.17, 15) is 4.79 Å². The van der Waals surface area contributed by atoms with Gasteiger partial charge in [0.05, 0.1) is 0 Å². The fourth-order valence-corrected chi connectivity index (χ4v) is 93.2. The van der Waals surface area contributed by atoms with Crippen LogP contribution in [0.2, 0.25) is 42.8 Å². The van der Waals surface area contributed by atoms with Crippen molar-refractivity contribution < 1.29 is 30.3 Å². The third kappa shape index (κ3) is 0.151. The molecule has 11 rings (SSSR count). The van der Waals surface area contributed by atoms with Crippen LogP contribution >= 0.6 is 0 Å². The molecule has 11 fully saturated rings. The van der Waals surface area contributed by atoms with E-state index in [1.54, 1.807) is 14.0 Å². The van der Waals surface area contributed by atoms with Crippen molar-refractivity contribution in [2.45, 2.75) is 73.1 Å². The molecule has 11 saturated heterocycles. The number of ether oxygens (including phenoxy) is 4. The van der Waals surface area contributed by atoms with Crippen molar-refractivity contribution in [1.82, 2.24) is 0 Å². The number of hydrogen-bond donors (Lipinski definition) is 0. The summed E-state index contributed by atoms with van der Waals surface area (Å²) in [6.07, 6.45) is 1.01. The van der Waals surface area contributed by atoms with Crippen molar-refractivity contribution in [1.29, 1.82) is 0 Å². The van der Waals surface area contributed by atoms with Crippen LogP contribution in [0.1, 0.15) is 13.3 Å². The Bertz CT molecular complexity index is 1180. The molecule has 0 aromatic rings. The first-order chi connectivity index (χ1) is 11.4. The van der Waals surface area contributed by atoms with Crippen LogP contribution in [0.5, 0.6) is 0 Å². The summed E-state index contributed by atoms with van der Waals surface area (Å²) in [4.78, 5) is 20.3. The van der Waals surface area contributed by atoms with Crippen LogP contribution in [0.15, 0.2) is 0 Å². The van der Waals surface area contributed by atoms with Crippen molar-refractivity contribution in [3.63, 3.8) is 0 Å². The number of carbonyl (C=O) groups excluding carboxylic acids is 1. The first kappa shape index (κ1) is 10.9. The number of esters is 1. The molecule has 0 radical (unpaired) electrons. The molecule has 0 aromatic heterocycles. The van der Waals surface area contributed by atoms with E-state index < -0.39 is 6.51 Å². The second-order valence-corrected chi connectivity index (χ2v) is 35.7. The van der Waals surface area contributed by atoms with Gasteiger partial charge in [0.2, 0.25) is 0 Å². The van der Waals surface area contributed by atoms with Crippen LogP contribution < -0.4 is 0 Å². The predicted molar refractivity (Wildman–Crippen MR) is 78.3 cm³/mol. The van der Waals surface area contributed by atoms with Crippen molar-refractivity contribution in [2.24, 2.45) is 0 Å². The Hall–Kier alpha value is -0.131. The Balaban J connectivity index is 1.23. The van der Waals surface area contributed by atoms with Crippen molar-refractivity contribution in [2.75, 3.05) is 20.3 Å². The quantitative estimate of drug-likeness (QED) is 0.560. The SMILES string of the molecule is COCC1CCOC([C]23[CH]4[CH]5[CH]6[C]2(OC(C)=O)[Fe]56432789[CH]3[CH]2[CH]7[CH]8[CH]39)O1. The van der Waals surface area contributed by atoms with Crippen LogP contribution in [0.4, 0.5) is 0 Å². The second-order valence-electron chi connectivity index (χ2n) is 12.5. The average molecular weight is 374 g/mol. The summed E-state index contributed by atoms with van der Waals surface area (Å²) in [5, 5.41) is 0. The minimum atomic E-state index is -3.78. The molecule has 0 aliphatic carbocycles.